The van der Waals surface area contributed by atoms with Crippen LogP contribution in [0.2, 0.25) is 0 Å². The summed E-state index contributed by atoms with van der Waals surface area (Å²) in [6.07, 6.45) is -0.250. The van der Waals surface area contributed by atoms with Gasteiger partial charge in [0.25, 0.3) is 0 Å². The van der Waals surface area contributed by atoms with Gasteiger partial charge in [0.05, 0.1) is 19.3 Å². The predicted molar refractivity (Wildman–Crippen MR) is 124 cm³/mol. The van der Waals surface area contributed by atoms with Crippen LogP contribution in [0.4, 0.5) is 0 Å². The molecule has 0 fully saturated rings. The summed E-state index contributed by atoms with van der Waals surface area (Å²) in [5, 5.41) is 14.1. The molecule has 2 N–H and O–H groups in total. The highest BCUT2D eigenvalue weighted by Gasteiger charge is 2.28. The van der Waals surface area contributed by atoms with Gasteiger partial charge in [0.2, 0.25) is 0 Å². The fourth-order valence-electron chi connectivity index (χ4n) is 3.33. The molecule has 0 saturated heterocycles. The third-order valence-electron chi connectivity index (χ3n) is 5.05. The average molecular weight is 418 g/mol. The Morgan fingerprint density at radius 1 is 0.742 bits per heavy atom. The largest absolute Gasteiger partial charge is 0.386 e. The minimum atomic E-state index is -0.844. The number of ether oxygens (including phenoxy) is 2. The zero-order valence-electron chi connectivity index (χ0n) is 17.8. The summed E-state index contributed by atoms with van der Waals surface area (Å²) in [6, 6.07) is 30.1. The van der Waals surface area contributed by atoms with Crippen molar-refractivity contribution in [3.63, 3.8) is 0 Å². The van der Waals surface area contributed by atoms with Gasteiger partial charge >= 0.3 is 0 Å². The molecule has 0 unspecified atom stereocenters. The lowest BCUT2D eigenvalue weighted by atomic mass is 10.1. The van der Waals surface area contributed by atoms with Crippen molar-refractivity contribution < 1.29 is 14.6 Å². The minimum Gasteiger partial charge on any atom is -0.386 e. The van der Waals surface area contributed by atoms with Crippen LogP contribution in [0.3, 0.4) is 0 Å². The van der Waals surface area contributed by atoms with Crippen LogP contribution in [-0.4, -0.2) is 30.0 Å². The Kier molecular flexibility index (Phi) is 9.48. The van der Waals surface area contributed by atoms with E-state index >= 15 is 0 Å². The molecule has 162 valence electrons. The lowest BCUT2D eigenvalue weighted by molar-refractivity contribution is -0.119. The molecule has 3 atom stereocenters. The monoisotopic (exact) mass is 417 g/mol. The second-order valence-corrected chi connectivity index (χ2v) is 7.44. The van der Waals surface area contributed by atoms with Gasteiger partial charge in [-0.05, 0) is 16.7 Å². The summed E-state index contributed by atoms with van der Waals surface area (Å²) in [5.74, 6) is 0. The zero-order valence-corrected chi connectivity index (χ0v) is 17.8. The van der Waals surface area contributed by atoms with Crippen molar-refractivity contribution in [3.05, 3.63) is 120 Å². The van der Waals surface area contributed by atoms with E-state index in [-0.39, 0.29) is 6.10 Å². The van der Waals surface area contributed by atoms with Crippen LogP contribution in [0.5, 0.6) is 0 Å². The lowest BCUT2D eigenvalue weighted by Crippen LogP contribution is -2.45. The Labute approximate surface area is 185 Å². The van der Waals surface area contributed by atoms with Crippen molar-refractivity contribution in [3.8, 4) is 0 Å². The number of rotatable bonds is 13. The van der Waals surface area contributed by atoms with E-state index in [1.54, 1.807) is 0 Å². The van der Waals surface area contributed by atoms with Crippen LogP contribution >= 0.6 is 0 Å². The molecule has 3 rings (SSSR count). The number of aliphatic hydroxyl groups is 1. The van der Waals surface area contributed by atoms with Crippen molar-refractivity contribution in [2.24, 2.45) is 0 Å². The second kappa shape index (κ2) is 12.8. The maximum atomic E-state index is 10.6. The highest BCUT2D eigenvalue weighted by atomic mass is 16.5. The molecule has 0 radical (unpaired) electrons. The van der Waals surface area contributed by atoms with E-state index in [4.69, 9.17) is 9.47 Å². The van der Waals surface area contributed by atoms with Crippen molar-refractivity contribution in [2.45, 2.75) is 38.1 Å². The number of aliphatic hydroxyl groups excluding tert-OH is 1. The molecule has 4 heteroatoms. The van der Waals surface area contributed by atoms with E-state index in [9.17, 15) is 5.11 Å². The van der Waals surface area contributed by atoms with E-state index in [1.165, 1.54) is 11.6 Å². The molecule has 0 aliphatic carbocycles. The van der Waals surface area contributed by atoms with Gasteiger partial charge in [-0.2, -0.15) is 0 Å². The smallest absolute Gasteiger partial charge is 0.115 e. The van der Waals surface area contributed by atoms with Crippen LogP contribution in [0.25, 0.3) is 0 Å². The SMILES string of the molecule is C=C[C@H](O)[C@H](OCc1ccccc1)[C@H](CNCc1ccccc1)OCc1ccccc1. The Hall–Kier alpha value is -2.76. The van der Waals surface area contributed by atoms with Crippen LogP contribution in [0, 0.1) is 0 Å². The summed E-state index contributed by atoms with van der Waals surface area (Å²) >= 11 is 0. The van der Waals surface area contributed by atoms with E-state index < -0.39 is 12.2 Å². The first-order chi connectivity index (χ1) is 15.3. The Morgan fingerprint density at radius 2 is 1.23 bits per heavy atom. The first-order valence-corrected chi connectivity index (χ1v) is 10.6. The topological polar surface area (TPSA) is 50.7 Å². The van der Waals surface area contributed by atoms with Gasteiger partial charge in [-0.15, -0.1) is 6.58 Å². The second-order valence-electron chi connectivity index (χ2n) is 7.44. The molecule has 3 aromatic rings. The molecule has 0 spiro atoms. The Bertz CT molecular complexity index is 871. The van der Waals surface area contributed by atoms with E-state index in [2.05, 4.69) is 24.0 Å². The molecular weight excluding hydrogens is 386 g/mol. The molecule has 0 aliphatic heterocycles. The maximum Gasteiger partial charge on any atom is 0.115 e. The molecule has 0 aliphatic rings. The van der Waals surface area contributed by atoms with Crippen molar-refractivity contribution in [1.82, 2.24) is 5.32 Å². The first kappa shape index (κ1) is 22.9. The van der Waals surface area contributed by atoms with Crippen LogP contribution in [-0.2, 0) is 29.2 Å². The highest BCUT2D eigenvalue weighted by molar-refractivity contribution is 5.15. The fraction of sp³-hybridized carbons (Fsp3) is 0.259. The minimum absolute atomic E-state index is 0.361. The molecule has 0 aromatic heterocycles. The van der Waals surface area contributed by atoms with Gasteiger partial charge in [-0.1, -0.05) is 97.1 Å². The quantitative estimate of drug-likeness (QED) is 0.402. The summed E-state index contributed by atoms with van der Waals surface area (Å²) < 4.78 is 12.4. The van der Waals surface area contributed by atoms with Gasteiger partial charge < -0.3 is 19.9 Å². The number of hydrogen-bond donors (Lipinski definition) is 2. The predicted octanol–water partition coefficient (Wildman–Crippen LogP) is 4.49. The van der Waals surface area contributed by atoms with Crippen molar-refractivity contribution in [1.29, 1.82) is 0 Å². The summed E-state index contributed by atoms with van der Waals surface area (Å²) in [7, 11) is 0. The summed E-state index contributed by atoms with van der Waals surface area (Å²) in [6.45, 7) is 5.83. The molecule has 4 nitrogen and oxygen atoms in total. The Morgan fingerprint density at radius 3 is 1.74 bits per heavy atom. The molecule has 0 bridgehead atoms. The molecule has 0 saturated carbocycles. The van der Waals surface area contributed by atoms with E-state index in [1.807, 2.05) is 78.9 Å². The highest BCUT2D eigenvalue weighted by Crippen LogP contribution is 2.16. The van der Waals surface area contributed by atoms with Gasteiger partial charge in [0.1, 0.15) is 12.2 Å². The maximum absolute atomic E-state index is 10.6. The molecule has 0 heterocycles. The van der Waals surface area contributed by atoms with E-state index in [0.29, 0.717) is 26.3 Å². The van der Waals surface area contributed by atoms with E-state index in [0.717, 1.165) is 11.1 Å². The molecule has 31 heavy (non-hydrogen) atoms. The van der Waals surface area contributed by atoms with Crippen molar-refractivity contribution in [2.75, 3.05) is 6.54 Å². The van der Waals surface area contributed by atoms with Crippen LogP contribution in [0.1, 0.15) is 16.7 Å². The van der Waals surface area contributed by atoms with Gasteiger partial charge in [-0.3, -0.25) is 0 Å². The van der Waals surface area contributed by atoms with Gasteiger partial charge in [0, 0.05) is 13.1 Å². The molecule has 3 aromatic carbocycles. The molecular formula is C27H31NO3. The third-order valence-corrected chi connectivity index (χ3v) is 5.05. The Balaban J connectivity index is 1.68. The van der Waals surface area contributed by atoms with Gasteiger partial charge in [-0.25, -0.2) is 0 Å². The van der Waals surface area contributed by atoms with Crippen LogP contribution in [0.15, 0.2) is 104 Å². The average Bonchev–Trinajstić information content (AvgIpc) is 2.84. The first-order valence-electron chi connectivity index (χ1n) is 10.6. The van der Waals surface area contributed by atoms with Crippen molar-refractivity contribution >= 4 is 0 Å². The summed E-state index contributed by atoms with van der Waals surface area (Å²) in [4.78, 5) is 0. The van der Waals surface area contributed by atoms with Gasteiger partial charge in [0.15, 0.2) is 0 Å². The lowest BCUT2D eigenvalue weighted by Gasteiger charge is -2.30. The number of nitrogens with one attached hydrogen (secondary N) is 1. The zero-order chi connectivity index (χ0) is 21.7. The number of hydrogen-bond acceptors (Lipinski definition) is 4. The standard InChI is InChI=1S/C27H31NO3/c1-2-25(29)27(31-21-24-16-10-5-11-17-24)26(30-20-23-14-8-4-9-15-23)19-28-18-22-12-6-3-7-13-22/h2-17,25-29H,1,18-21H2/t25-,26-,27-/m0/s1. The summed E-state index contributed by atoms with van der Waals surface area (Å²) in [5.41, 5.74) is 3.31. The third kappa shape index (κ3) is 7.78. The molecule has 0 amide bonds. The number of benzene rings is 3. The van der Waals surface area contributed by atoms with Crippen LogP contribution < -0.4 is 5.32 Å². The fourth-order valence-corrected chi connectivity index (χ4v) is 3.33. The normalized spacial score (nSPS) is 14.0.